The molecule has 3 nitrogen and oxygen atoms in total. The van der Waals surface area contributed by atoms with Crippen molar-refractivity contribution in [2.75, 3.05) is 5.73 Å². The van der Waals surface area contributed by atoms with Gasteiger partial charge in [-0.2, -0.15) is 5.10 Å². The molecule has 2 N–H and O–H groups in total. The summed E-state index contributed by atoms with van der Waals surface area (Å²) in [6, 6.07) is 0. The molecule has 14 heavy (non-hydrogen) atoms. The monoisotopic (exact) mass is 257 g/mol. The van der Waals surface area contributed by atoms with Crippen molar-refractivity contribution in [3.8, 4) is 0 Å². The van der Waals surface area contributed by atoms with Crippen LogP contribution in [0.5, 0.6) is 0 Å². The van der Waals surface area contributed by atoms with Gasteiger partial charge in [-0.15, -0.1) is 0 Å². The summed E-state index contributed by atoms with van der Waals surface area (Å²) in [4.78, 5) is 0. The van der Waals surface area contributed by atoms with Crippen LogP contribution < -0.4 is 5.73 Å². The average molecular weight is 258 g/mol. The van der Waals surface area contributed by atoms with E-state index in [0.717, 1.165) is 16.9 Å². The summed E-state index contributed by atoms with van der Waals surface area (Å²) < 4.78 is 2.83. The van der Waals surface area contributed by atoms with Crippen molar-refractivity contribution in [1.82, 2.24) is 9.78 Å². The van der Waals surface area contributed by atoms with Crippen LogP contribution >= 0.6 is 15.9 Å². The predicted octanol–water partition coefficient (Wildman–Crippen LogP) is 2.81. The summed E-state index contributed by atoms with van der Waals surface area (Å²) in [5.74, 6) is 1.58. The smallest absolute Gasteiger partial charge is 0.159 e. The quantitative estimate of drug-likeness (QED) is 0.902. The second kappa shape index (κ2) is 4.34. The van der Waals surface area contributed by atoms with Gasteiger partial charge in [0.25, 0.3) is 0 Å². The lowest BCUT2D eigenvalue weighted by Crippen LogP contribution is -2.11. The van der Waals surface area contributed by atoms with Gasteiger partial charge in [0, 0.05) is 12.7 Å². The topological polar surface area (TPSA) is 43.8 Å². The van der Waals surface area contributed by atoms with Gasteiger partial charge in [0.15, 0.2) is 5.82 Å². The highest BCUT2D eigenvalue weighted by Crippen LogP contribution is 2.30. The van der Waals surface area contributed by atoms with Crippen LogP contribution in [0.4, 0.5) is 5.82 Å². The van der Waals surface area contributed by atoms with E-state index in [-0.39, 0.29) is 0 Å². The molecule has 1 aromatic rings. The number of nitrogen functional groups attached to an aromatic ring is 1. The highest BCUT2D eigenvalue weighted by molar-refractivity contribution is 9.10. The molecule has 1 fully saturated rings. The van der Waals surface area contributed by atoms with Crippen LogP contribution in [0.1, 0.15) is 32.1 Å². The first-order valence-electron chi connectivity index (χ1n) is 5.24. The fourth-order valence-corrected chi connectivity index (χ4v) is 2.17. The third-order valence-corrected chi connectivity index (χ3v) is 3.58. The van der Waals surface area contributed by atoms with Crippen molar-refractivity contribution in [3.05, 3.63) is 10.7 Å². The van der Waals surface area contributed by atoms with Gasteiger partial charge in [0.05, 0.1) is 4.47 Å². The summed E-state index contributed by atoms with van der Waals surface area (Å²) in [5, 5.41) is 4.20. The van der Waals surface area contributed by atoms with Crippen molar-refractivity contribution < 1.29 is 0 Å². The van der Waals surface area contributed by atoms with Crippen LogP contribution in [-0.4, -0.2) is 9.78 Å². The maximum absolute atomic E-state index is 5.63. The Bertz CT molecular complexity index is 285. The number of halogens is 1. The molecule has 4 heteroatoms. The highest BCUT2D eigenvalue weighted by atomic mass is 79.9. The number of hydrogen-bond donors (Lipinski definition) is 1. The normalized spacial score (nSPS) is 16.9. The van der Waals surface area contributed by atoms with E-state index in [0.29, 0.717) is 5.82 Å². The number of nitrogens with two attached hydrogens (primary N) is 1. The molecule has 78 valence electrons. The van der Waals surface area contributed by atoms with Crippen LogP contribution in [0.25, 0.3) is 0 Å². The molecule has 0 atom stereocenters. The van der Waals surface area contributed by atoms with Crippen molar-refractivity contribution in [1.29, 1.82) is 0 Å². The average Bonchev–Trinajstić information content (AvgIpc) is 2.37. The molecule has 0 bridgehead atoms. The third-order valence-electron chi connectivity index (χ3n) is 2.97. The lowest BCUT2D eigenvalue weighted by atomic mass is 9.82. The Morgan fingerprint density at radius 1 is 1.57 bits per heavy atom. The molecule has 0 aromatic carbocycles. The Hall–Kier alpha value is -0.510. The van der Waals surface area contributed by atoms with Crippen LogP contribution in [0, 0.1) is 5.92 Å². The molecule has 1 aliphatic carbocycles. The molecular formula is C10H16BrN3. The molecule has 0 saturated heterocycles. The van der Waals surface area contributed by atoms with Gasteiger partial charge in [-0.05, 0) is 34.7 Å². The highest BCUT2D eigenvalue weighted by Gasteiger charge is 2.16. The van der Waals surface area contributed by atoms with E-state index in [1.54, 1.807) is 0 Å². The summed E-state index contributed by atoms with van der Waals surface area (Å²) >= 11 is 3.35. The minimum Gasteiger partial charge on any atom is -0.381 e. The summed E-state index contributed by atoms with van der Waals surface area (Å²) in [7, 11) is 0. The van der Waals surface area contributed by atoms with Gasteiger partial charge in [0.2, 0.25) is 0 Å². The first kappa shape index (κ1) is 10.0. The number of anilines is 1. The maximum Gasteiger partial charge on any atom is 0.159 e. The Morgan fingerprint density at radius 3 is 2.86 bits per heavy atom. The summed E-state index contributed by atoms with van der Waals surface area (Å²) in [6.45, 7) is 0.992. The van der Waals surface area contributed by atoms with E-state index in [9.17, 15) is 0 Å². The molecule has 1 aromatic heterocycles. The molecular weight excluding hydrogens is 242 g/mol. The van der Waals surface area contributed by atoms with E-state index in [1.165, 1.54) is 32.1 Å². The maximum atomic E-state index is 5.63. The predicted molar refractivity (Wildman–Crippen MR) is 60.9 cm³/mol. The Balaban J connectivity index is 1.74. The van der Waals surface area contributed by atoms with Gasteiger partial charge < -0.3 is 5.73 Å². The van der Waals surface area contributed by atoms with E-state index < -0.39 is 0 Å². The standard InChI is InChI=1S/C10H16BrN3/c11-9-7-14(13-10(9)12)6-2-5-8-3-1-4-8/h7-8H,1-6H2,(H2,12,13). The van der Waals surface area contributed by atoms with Crippen LogP contribution in [-0.2, 0) is 6.54 Å². The second-order valence-electron chi connectivity index (χ2n) is 4.06. The van der Waals surface area contributed by atoms with Crippen LogP contribution in [0.3, 0.4) is 0 Å². The molecule has 1 aliphatic rings. The van der Waals surface area contributed by atoms with E-state index in [1.807, 2.05) is 10.9 Å². The van der Waals surface area contributed by atoms with E-state index in [2.05, 4.69) is 21.0 Å². The van der Waals surface area contributed by atoms with E-state index >= 15 is 0 Å². The first-order chi connectivity index (χ1) is 6.75. The van der Waals surface area contributed by atoms with Gasteiger partial charge in [-0.1, -0.05) is 19.3 Å². The molecule has 1 saturated carbocycles. The van der Waals surface area contributed by atoms with Crippen molar-refractivity contribution in [3.63, 3.8) is 0 Å². The lowest BCUT2D eigenvalue weighted by molar-refractivity contribution is 0.283. The molecule has 0 amide bonds. The Kier molecular flexibility index (Phi) is 3.11. The van der Waals surface area contributed by atoms with Crippen LogP contribution in [0.2, 0.25) is 0 Å². The first-order valence-corrected chi connectivity index (χ1v) is 6.03. The SMILES string of the molecule is Nc1nn(CCCC2CCC2)cc1Br. The Morgan fingerprint density at radius 2 is 2.36 bits per heavy atom. The number of hydrogen-bond acceptors (Lipinski definition) is 2. The van der Waals surface area contributed by atoms with E-state index in [4.69, 9.17) is 5.73 Å². The number of aromatic nitrogens is 2. The summed E-state index contributed by atoms with van der Waals surface area (Å²) in [6.07, 6.45) is 8.83. The fraction of sp³-hybridized carbons (Fsp3) is 0.700. The van der Waals surface area contributed by atoms with Gasteiger partial charge in [0.1, 0.15) is 0 Å². The zero-order valence-electron chi connectivity index (χ0n) is 8.25. The van der Waals surface area contributed by atoms with Crippen molar-refractivity contribution in [2.24, 2.45) is 5.92 Å². The van der Waals surface area contributed by atoms with Crippen molar-refractivity contribution >= 4 is 21.7 Å². The largest absolute Gasteiger partial charge is 0.381 e. The van der Waals surface area contributed by atoms with Crippen molar-refractivity contribution in [2.45, 2.75) is 38.6 Å². The van der Waals surface area contributed by atoms with Gasteiger partial charge in [-0.25, -0.2) is 0 Å². The minimum absolute atomic E-state index is 0.591. The molecule has 0 unspecified atom stereocenters. The lowest BCUT2D eigenvalue weighted by Gasteiger charge is -2.24. The van der Waals surface area contributed by atoms with Gasteiger partial charge in [-0.3, -0.25) is 4.68 Å². The zero-order chi connectivity index (χ0) is 9.97. The molecule has 2 rings (SSSR count). The zero-order valence-corrected chi connectivity index (χ0v) is 9.83. The number of nitrogens with zero attached hydrogens (tertiary/aromatic N) is 2. The molecule has 0 spiro atoms. The van der Waals surface area contributed by atoms with Gasteiger partial charge >= 0.3 is 0 Å². The van der Waals surface area contributed by atoms with Crippen LogP contribution in [0.15, 0.2) is 10.7 Å². The number of rotatable bonds is 4. The fourth-order valence-electron chi connectivity index (χ4n) is 1.85. The Labute approximate surface area is 92.8 Å². The molecule has 0 aliphatic heterocycles. The minimum atomic E-state index is 0.591. The molecule has 1 heterocycles. The second-order valence-corrected chi connectivity index (χ2v) is 4.92. The number of aryl methyl sites for hydroxylation is 1. The summed E-state index contributed by atoms with van der Waals surface area (Å²) in [5.41, 5.74) is 5.63. The molecule has 0 radical (unpaired) electrons. The third kappa shape index (κ3) is 2.29.